The fourth-order valence-electron chi connectivity index (χ4n) is 1.89. The van der Waals surface area contributed by atoms with Crippen LogP contribution in [-0.4, -0.2) is 9.97 Å². The molecule has 2 aromatic heterocycles. The average molecular weight is 261 g/mol. The molecule has 96 valence electrons. The van der Waals surface area contributed by atoms with E-state index in [0.717, 1.165) is 29.4 Å². The first-order chi connectivity index (χ1) is 8.70. The van der Waals surface area contributed by atoms with Gasteiger partial charge in [-0.25, -0.2) is 4.98 Å². The Labute approximate surface area is 112 Å². The normalized spacial score (nSPS) is 12.6. The molecule has 2 rings (SSSR count). The zero-order chi connectivity index (χ0) is 13.0. The molecule has 0 aliphatic rings. The van der Waals surface area contributed by atoms with E-state index >= 15 is 0 Å². The van der Waals surface area contributed by atoms with Gasteiger partial charge in [-0.1, -0.05) is 13.0 Å². The van der Waals surface area contributed by atoms with Gasteiger partial charge < -0.3 is 5.32 Å². The molecule has 2 heterocycles. The molecule has 0 aliphatic heterocycles. The van der Waals surface area contributed by atoms with Crippen LogP contribution >= 0.6 is 11.3 Å². The molecule has 18 heavy (non-hydrogen) atoms. The molecular weight excluding hydrogens is 242 g/mol. The van der Waals surface area contributed by atoms with E-state index in [2.05, 4.69) is 40.6 Å². The van der Waals surface area contributed by atoms with E-state index in [1.165, 1.54) is 5.56 Å². The summed E-state index contributed by atoms with van der Waals surface area (Å²) in [5.74, 6) is 0. The highest BCUT2D eigenvalue weighted by Crippen LogP contribution is 2.16. The third kappa shape index (κ3) is 3.15. The molecule has 1 atom stereocenters. The van der Waals surface area contributed by atoms with Crippen molar-refractivity contribution >= 4 is 11.3 Å². The zero-order valence-corrected chi connectivity index (χ0v) is 11.9. The van der Waals surface area contributed by atoms with E-state index in [1.807, 2.05) is 19.2 Å². The van der Waals surface area contributed by atoms with Crippen molar-refractivity contribution in [1.82, 2.24) is 15.3 Å². The molecule has 0 aliphatic carbocycles. The summed E-state index contributed by atoms with van der Waals surface area (Å²) >= 11 is 1.70. The smallest absolute Gasteiger partial charge is 0.0898 e. The minimum atomic E-state index is 0.265. The van der Waals surface area contributed by atoms with Crippen LogP contribution in [0.2, 0.25) is 0 Å². The van der Waals surface area contributed by atoms with Gasteiger partial charge in [0.15, 0.2) is 0 Å². The van der Waals surface area contributed by atoms with E-state index < -0.39 is 0 Å². The Hall–Kier alpha value is -1.26. The highest BCUT2D eigenvalue weighted by atomic mass is 32.1. The number of rotatable bonds is 5. The van der Waals surface area contributed by atoms with Crippen molar-refractivity contribution < 1.29 is 0 Å². The molecule has 4 heteroatoms. The molecule has 0 radical (unpaired) electrons. The topological polar surface area (TPSA) is 37.8 Å². The molecule has 0 bridgehead atoms. The fourth-order valence-corrected chi connectivity index (χ4v) is 2.59. The summed E-state index contributed by atoms with van der Waals surface area (Å²) in [4.78, 5) is 8.94. The number of hydrogen-bond acceptors (Lipinski definition) is 4. The molecule has 1 N–H and O–H groups in total. The summed E-state index contributed by atoms with van der Waals surface area (Å²) in [7, 11) is 0. The maximum Gasteiger partial charge on any atom is 0.0898 e. The third-order valence-corrected chi connectivity index (χ3v) is 3.81. The summed E-state index contributed by atoms with van der Waals surface area (Å²) in [6.45, 7) is 7.13. The van der Waals surface area contributed by atoms with Gasteiger partial charge in [-0.15, -0.1) is 11.3 Å². The minimum Gasteiger partial charge on any atom is -0.303 e. The summed E-state index contributed by atoms with van der Waals surface area (Å²) in [5.41, 5.74) is 3.57. The number of nitrogens with one attached hydrogen (secondary N) is 1. The van der Waals surface area contributed by atoms with Gasteiger partial charge in [0, 0.05) is 24.2 Å². The Bertz CT molecular complexity index is 507. The highest BCUT2D eigenvalue weighted by Gasteiger charge is 2.09. The van der Waals surface area contributed by atoms with E-state index in [9.17, 15) is 0 Å². The molecule has 0 spiro atoms. The zero-order valence-electron chi connectivity index (χ0n) is 11.1. The fraction of sp³-hybridized carbons (Fsp3) is 0.429. The van der Waals surface area contributed by atoms with Crippen LogP contribution in [0.3, 0.4) is 0 Å². The van der Waals surface area contributed by atoms with Gasteiger partial charge in [-0.05, 0) is 31.9 Å². The Balaban J connectivity index is 1.99. The Morgan fingerprint density at radius 2 is 2.28 bits per heavy atom. The van der Waals surface area contributed by atoms with Crippen molar-refractivity contribution in [3.8, 4) is 0 Å². The van der Waals surface area contributed by atoms with Crippen LogP contribution in [0, 0.1) is 6.92 Å². The van der Waals surface area contributed by atoms with Crippen LogP contribution in [-0.2, 0) is 13.0 Å². The second kappa shape index (κ2) is 6.07. The van der Waals surface area contributed by atoms with Gasteiger partial charge in [-0.2, -0.15) is 0 Å². The second-order valence-electron chi connectivity index (χ2n) is 4.36. The third-order valence-electron chi connectivity index (χ3n) is 3.02. The number of aromatic nitrogens is 2. The SMILES string of the molecule is CCc1cccnc1CNC(C)c1csc(C)n1. The molecule has 0 fully saturated rings. The first kappa shape index (κ1) is 13.2. The molecule has 0 saturated heterocycles. The van der Waals surface area contributed by atoms with Crippen LogP contribution in [0.15, 0.2) is 23.7 Å². The van der Waals surface area contributed by atoms with Gasteiger partial charge in [0.25, 0.3) is 0 Å². The van der Waals surface area contributed by atoms with Crippen molar-refractivity contribution in [2.24, 2.45) is 0 Å². The quantitative estimate of drug-likeness (QED) is 0.897. The molecule has 2 aromatic rings. The maximum atomic E-state index is 4.50. The largest absolute Gasteiger partial charge is 0.303 e. The van der Waals surface area contributed by atoms with Gasteiger partial charge in [-0.3, -0.25) is 4.98 Å². The molecule has 0 amide bonds. The van der Waals surface area contributed by atoms with E-state index in [1.54, 1.807) is 11.3 Å². The van der Waals surface area contributed by atoms with E-state index in [4.69, 9.17) is 0 Å². The first-order valence-corrected chi connectivity index (χ1v) is 7.16. The minimum absolute atomic E-state index is 0.265. The Morgan fingerprint density at radius 1 is 1.44 bits per heavy atom. The van der Waals surface area contributed by atoms with Crippen molar-refractivity contribution in [1.29, 1.82) is 0 Å². The van der Waals surface area contributed by atoms with E-state index in [-0.39, 0.29) is 6.04 Å². The van der Waals surface area contributed by atoms with Crippen LogP contribution in [0.5, 0.6) is 0 Å². The van der Waals surface area contributed by atoms with Crippen LogP contribution in [0.1, 0.15) is 41.8 Å². The Kier molecular flexibility index (Phi) is 4.44. The highest BCUT2D eigenvalue weighted by molar-refractivity contribution is 7.09. The van der Waals surface area contributed by atoms with Gasteiger partial charge in [0.2, 0.25) is 0 Å². The average Bonchev–Trinajstić information content (AvgIpc) is 2.83. The van der Waals surface area contributed by atoms with Crippen molar-refractivity contribution in [2.75, 3.05) is 0 Å². The number of nitrogens with zero attached hydrogens (tertiary/aromatic N) is 2. The van der Waals surface area contributed by atoms with Crippen LogP contribution in [0.25, 0.3) is 0 Å². The first-order valence-electron chi connectivity index (χ1n) is 6.29. The lowest BCUT2D eigenvalue weighted by atomic mass is 10.1. The number of thiazole rings is 1. The maximum absolute atomic E-state index is 4.50. The molecule has 1 unspecified atom stereocenters. The summed E-state index contributed by atoms with van der Waals surface area (Å²) in [6, 6.07) is 4.40. The molecule has 0 saturated carbocycles. The number of aryl methyl sites for hydroxylation is 2. The van der Waals surface area contributed by atoms with E-state index in [0.29, 0.717) is 0 Å². The Morgan fingerprint density at radius 3 is 2.94 bits per heavy atom. The predicted octanol–water partition coefficient (Wildman–Crippen LogP) is 3.26. The standard InChI is InChI=1S/C14H19N3S/c1-4-12-6-5-7-15-13(12)8-16-10(2)14-9-18-11(3)17-14/h5-7,9-10,16H,4,8H2,1-3H3. The number of pyridine rings is 1. The van der Waals surface area contributed by atoms with Crippen molar-refractivity contribution in [2.45, 2.75) is 39.8 Å². The molecular formula is C14H19N3S. The summed E-state index contributed by atoms with van der Waals surface area (Å²) in [6.07, 6.45) is 2.88. The van der Waals surface area contributed by atoms with Gasteiger partial charge in [0.1, 0.15) is 0 Å². The van der Waals surface area contributed by atoms with Gasteiger partial charge in [0.05, 0.1) is 16.4 Å². The second-order valence-corrected chi connectivity index (χ2v) is 5.42. The van der Waals surface area contributed by atoms with Gasteiger partial charge >= 0.3 is 0 Å². The van der Waals surface area contributed by atoms with Crippen molar-refractivity contribution in [3.63, 3.8) is 0 Å². The number of hydrogen-bond donors (Lipinski definition) is 1. The molecule has 0 aromatic carbocycles. The predicted molar refractivity (Wildman–Crippen MR) is 75.7 cm³/mol. The summed E-state index contributed by atoms with van der Waals surface area (Å²) < 4.78 is 0. The molecule has 3 nitrogen and oxygen atoms in total. The van der Waals surface area contributed by atoms with Crippen molar-refractivity contribution in [3.05, 3.63) is 45.7 Å². The summed E-state index contributed by atoms with van der Waals surface area (Å²) in [5, 5.41) is 6.72. The van der Waals surface area contributed by atoms with Crippen LogP contribution in [0.4, 0.5) is 0 Å². The lowest BCUT2D eigenvalue weighted by molar-refractivity contribution is 0.554. The monoisotopic (exact) mass is 261 g/mol. The lowest BCUT2D eigenvalue weighted by Crippen LogP contribution is -2.20. The van der Waals surface area contributed by atoms with Crippen LogP contribution < -0.4 is 5.32 Å². The lowest BCUT2D eigenvalue weighted by Gasteiger charge is -2.12.